The molecule has 2 N–H and O–H groups in total. The number of nitrogens with two attached hydrogens (primary N) is 1. The number of nitrogen functional groups attached to an aromatic ring is 1. The Morgan fingerprint density at radius 2 is 2.05 bits per heavy atom. The number of hydrogen-bond donors (Lipinski definition) is 1. The number of benzene rings is 2. The number of nitro benzene ring substituents is 1. The first-order valence-electron chi connectivity index (χ1n) is 5.93. The minimum absolute atomic E-state index is 0.00797. The average Bonchev–Trinajstić information content (AvgIpc) is 2.45. The third-order valence-corrected chi connectivity index (χ3v) is 2.96. The van der Waals surface area contributed by atoms with E-state index in [1.54, 1.807) is 24.3 Å². The largest absolute Gasteiger partial charge is 0.457 e. The van der Waals surface area contributed by atoms with Crippen LogP contribution in [0.15, 0.2) is 42.5 Å². The first-order valence-corrected chi connectivity index (χ1v) is 6.30. The lowest BCUT2D eigenvalue weighted by molar-refractivity contribution is -0.383. The van der Waals surface area contributed by atoms with Gasteiger partial charge in [-0.15, -0.1) is 0 Å². The third-order valence-electron chi connectivity index (χ3n) is 2.72. The summed E-state index contributed by atoms with van der Waals surface area (Å²) in [6.45, 7) is 0.0254. The van der Waals surface area contributed by atoms with Gasteiger partial charge in [0.05, 0.1) is 10.5 Å². The Bertz CT molecular complexity index is 703. The van der Waals surface area contributed by atoms with Crippen molar-refractivity contribution in [3.05, 3.63) is 68.7 Å². The standard InChI is InChI=1S/C14H11ClN2O4/c15-11-3-1-2-9(6-11)8-21-14(18)10-4-5-12(16)13(7-10)17(19)20/h1-7H,8,16H2. The van der Waals surface area contributed by atoms with Gasteiger partial charge in [0.15, 0.2) is 0 Å². The lowest BCUT2D eigenvalue weighted by atomic mass is 10.2. The van der Waals surface area contributed by atoms with Gasteiger partial charge in [-0.2, -0.15) is 0 Å². The van der Waals surface area contributed by atoms with Crippen LogP contribution >= 0.6 is 11.6 Å². The highest BCUT2D eigenvalue weighted by Crippen LogP contribution is 2.23. The number of carbonyl (C=O) groups is 1. The number of halogens is 1. The maximum absolute atomic E-state index is 11.9. The molecule has 0 aromatic heterocycles. The maximum atomic E-state index is 11.9. The quantitative estimate of drug-likeness (QED) is 0.405. The van der Waals surface area contributed by atoms with E-state index in [4.69, 9.17) is 22.1 Å². The summed E-state index contributed by atoms with van der Waals surface area (Å²) in [4.78, 5) is 22.0. The number of nitro groups is 1. The van der Waals surface area contributed by atoms with Gasteiger partial charge in [-0.25, -0.2) is 4.79 Å². The Morgan fingerprint density at radius 1 is 1.29 bits per heavy atom. The molecule has 2 rings (SSSR count). The monoisotopic (exact) mass is 306 g/mol. The van der Waals surface area contributed by atoms with Crippen LogP contribution in [0.25, 0.3) is 0 Å². The summed E-state index contributed by atoms with van der Waals surface area (Å²) in [5.74, 6) is -0.668. The highest BCUT2D eigenvalue weighted by Gasteiger charge is 2.16. The summed E-state index contributed by atoms with van der Waals surface area (Å²) in [6.07, 6.45) is 0. The summed E-state index contributed by atoms with van der Waals surface area (Å²) >= 11 is 5.82. The van der Waals surface area contributed by atoms with Crippen molar-refractivity contribution in [2.75, 3.05) is 5.73 Å². The molecule has 6 nitrogen and oxygen atoms in total. The second-order valence-electron chi connectivity index (χ2n) is 4.24. The third kappa shape index (κ3) is 3.70. The van der Waals surface area contributed by atoms with E-state index in [1.807, 2.05) is 0 Å². The van der Waals surface area contributed by atoms with Crippen LogP contribution in [0.3, 0.4) is 0 Å². The molecule has 0 aliphatic rings. The molecule has 0 saturated heterocycles. The summed E-state index contributed by atoms with van der Waals surface area (Å²) < 4.78 is 5.08. The second-order valence-corrected chi connectivity index (χ2v) is 4.67. The van der Waals surface area contributed by atoms with Crippen LogP contribution in [0, 0.1) is 10.1 Å². The van der Waals surface area contributed by atoms with E-state index < -0.39 is 10.9 Å². The van der Waals surface area contributed by atoms with Gasteiger partial charge in [0, 0.05) is 11.1 Å². The molecule has 2 aromatic rings. The molecular formula is C14H11ClN2O4. The molecule has 0 saturated carbocycles. The van der Waals surface area contributed by atoms with Crippen molar-refractivity contribution < 1.29 is 14.5 Å². The van der Waals surface area contributed by atoms with Crippen LogP contribution in [-0.4, -0.2) is 10.9 Å². The predicted octanol–water partition coefficient (Wildman–Crippen LogP) is 3.19. The zero-order valence-electron chi connectivity index (χ0n) is 10.8. The fourth-order valence-electron chi connectivity index (χ4n) is 1.69. The molecule has 0 aliphatic heterocycles. The van der Waals surface area contributed by atoms with Gasteiger partial charge in [0.2, 0.25) is 0 Å². The number of hydrogen-bond acceptors (Lipinski definition) is 5. The van der Waals surface area contributed by atoms with E-state index in [0.29, 0.717) is 5.02 Å². The number of nitrogens with zero attached hydrogens (tertiary/aromatic N) is 1. The molecular weight excluding hydrogens is 296 g/mol. The van der Waals surface area contributed by atoms with Crippen LogP contribution in [0.4, 0.5) is 11.4 Å². The van der Waals surface area contributed by atoms with Crippen LogP contribution in [0.5, 0.6) is 0 Å². The zero-order chi connectivity index (χ0) is 15.4. The molecule has 0 radical (unpaired) electrons. The number of rotatable bonds is 4. The Hall–Kier alpha value is -2.60. The first-order chi connectivity index (χ1) is 9.97. The van der Waals surface area contributed by atoms with Gasteiger partial charge < -0.3 is 10.5 Å². The molecule has 0 amide bonds. The molecule has 7 heteroatoms. The Morgan fingerprint density at radius 3 is 2.71 bits per heavy atom. The molecule has 0 spiro atoms. The van der Waals surface area contributed by atoms with E-state index in [9.17, 15) is 14.9 Å². The maximum Gasteiger partial charge on any atom is 0.338 e. The Kier molecular flexibility index (Phi) is 4.39. The van der Waals surface area contributed by atoms with Gasteiger partial charge in [-0.05, 0) is 29.8 Å². The van der Waals surface area contributed by atoms with Gasteiger partial charge in [-0.3, -0.25) is 10.1 Å². The highest BCUT2D eigenvalue weighted by molar-refractivity contribution is 6.30. The van der Waals surface area contributed by atoms with Crippen molar-refractivity contribution in [2.24, 2.45) is 0 Å². The van der Waals surface area contributed by atoms with E-state index in [2.05, 4.69) is 0 Å². The SMILES string of the molecule is Nc1ccc(C(=O)OCc2cccc(Cl)c2)cc1[N+](=O)[O-]. The molecule has 108 valence electrons. The predicted molar refractivity (Wildman–Crippen MR) is 78.1 cm³/mol. The van der Waals surface area contributed by atoms with Crippen molar-refractivity contribution >= 4 is 28.9 Å². The number of anilines is 1. The van der Waals surface area contributed by atoms with Gasteiger partial charge in [0.1, 0.15) is 12.3 Å². The van der Waals surface area contributed by atoms with Crippen LogP contribution < -0.4 is 5.73 Å². The van der Waals surface area contributed by atoms with Crippen molar-refractivity contribution in [3.8, 4) is 0 Å². The van der Waals surface area contributed by atoms with Crippen LogP contribution in [0.1, 0.15) is 15.9 Å². The van der Waals surface area contributed by atoms with Crippen molar-refractivity contribution in [1.82, 2.24) is 0 Å². The van der Waals surface area contributed by atoms with E-state index in [0.717, 1.165) is 11.6 Å². The second kappa shape index (κ2) is 6.23. The van der Waals surface area contributed by atoms with Gasteiger partial charge in [0.25, 0.3) is 5.69 Å². The molecule has 0 heterocycles. The molecule has 0 bridgehead atoms. The lowest BCUT2D eigenvalue weighted by Gasteiger charge is -2.06. The molecule has 2 aromatic carbocycles. The van der Waals surface area contributed by atoms with E-state index in [1.165, 1.54) is 12.1 Å². The zero-order valence-corrected chi connectivity index (χ0v) is 11.5. The Balaban J connectivity index is 2.10. The van der Waals surface area contributed by atoms with Gasteiger partial charge >= 0.3 is 5.97 Å². The number of esters is 1. The van der Waals surface area contributed by atoms with E-state index in [-0.39, 0.29) is 23.5 Å². The highest BCUT2D eigenvalue weighted by atomic mass is 35.5. The minimum atomic E-state index is -0.668. The van der Waals surface area contributed by atoms with Crippen molar-refractivity contribution in [2.45, 2.75) is 6.61 Å². The summed E-state index contributed by atoms with van der Waals surface area (Å²) in [7, 11) is 0. The first kappa shape index (κ1) is 14.8. The number of ether oxygens (including phenoxy) is 1. The molecule has 21 heavy (non-hydrogen) atoms. The fraction of sp³-hybridized carbons (Fsp3) is 0.0714. The Labute approximate surface area is 125 Å². The summed E-state index contributed by atoms with van der Waals surface area (Å²) in [6, 6.07) is 10.6. The van der Waals surface area contributed by atoms with Gasteiger partial charge in [-0.1, -0.05) is 23.7 Å². The molecule has 0 aliphatic carbocycles. The topological polar surface area (TPSA) is 95.5 Å². The molecule has 0 fully saturated rings. The van der Waals surface area contributed by atoms with Crippen LogP contribution in [-0.2, 0) is 11.3 Å². The average molecular weight is 307 g/mol. The summed E-state index contributed by atoms with van der Waals surface area (Å²) in [5, 5.41) is 11.3. The van der Waals surface area contributed by atoms with Crippen molar-refractivity contribution in [1.29, 1.82) is 0 Å². The van der Waals surface area contributed by atoms with E-state index >= 15 is 0 Å². The summed E-state index contributed by atoms with van der Waals surface area (Å²) in [5.41, 5.74) is 5.92. The lowest BCUT2D eigenvalue weighted by Crippen LogP contribution is -2.06. The number of carbonyl (C=O) groups excluding carboxylic acids is 1. The minimum Gasteiger partial charge on any atom is -0.457 e. The van der Waals surface area contributed by atoms with Crippen LogP contribution in [0.2, 0.25) is 5.02 Å². The normalized spacial score (nSPS) is 10.1. The molecule has 0 atom stereocenters. The smallest absolute Gasteiger partial charge is 0.338 e. The van der Waals surface area contributed by atoms with Crippen molar-refractivity contribution in [3.63, 3.8) is 0 Å². The fourth-order valence-corrected chi connectivity index (χ4v) is 1.90. The molecule has 0 unspecified atom stereocenters.